The number of fused-ring (bicyclic) bond motifs is 3. The molecule has 9 heteroatoms. The smallest absolute Gasteiger partial charge is 0.432 e. The van der Waals surface area contributed by atoms with Gasteiger partial charge in [0.15, 0.2) is 11.5 Å². The Kier molecular flexibility index (Phi) is 8.28. The normalized spacial score (nSPS) is 23.2. The third-order valence-corrected chi connectivity index (χ3v) is 7.77. The van der Waals surface area contributed by atoms with Gasteiger partial charge in [0, 0.05) is 44.1 Å². The van der Waals surface area contributed by atoms with Crippen LogP contribution >= 0.6 is 0 Å². The predicted octanol–water partition coefficient (Wildman–Crippen LogP) is 5.69. The molecule has 0 unspecified atom stereocenters. The highest BCUT2D eigenvalue weighted by molar-refractivity contribution is 5.83. The van der Waals surface area contributed by atoms with E-state index in [9.17, 15) is 18.0 Å². The highest BCUT2D eigenvalue weighted by Crippen LogP contribution is 2.47. The van der Waals surface area contributed by atoms with Gasteiger partial charge in [0.25, 0.3) is 5.60 Å². The average Bonchev–Trinajstić information content (AvgIpc) is 2.88. The summed E-state index contributed by atoms with van der Waals surface area (Å²) in [5.41, 5.74) is -1.40. The number of piperidine rings is 1. The van der Waals surface area contributed by atoms with Crippen LogP contribution in [0.25, 0.3) is 0 Å². The highest BCUT2D eigenvalue weighted by Gasteiger charge is 2.64. The first-order chi connectivity index (χ1) is 18.0. The van der Waals surface area contributed by atoms with E-state index >= 15 is 0 Å². The van der Waals surface area contributed by atoms with Crippen LogP contribution in [0.2, 0.25) is 0 Å². The van der Waals surface area contributed by atoms with Gasteiger partial charge in [0.2, 0.25) is 0 Å². The van der Waals surface area contributed by atoms with Crippen molar-refractivity contribution in [2.24, 2.45) is 11.8 Å². The molecule has 2 aromatic carbocycles. The number of esters is 1. The maximum Gasteiger partial charge on any atom is 0.432 e. The standard InChI is InChI=1S/C29H36F3NO5/c1-18(2)13-20-17-33-12-11-19-14-25(35-3)26(36-4)15-22(19)23(33)16-24(20)38-27(34)28(37-5,29(30,31)32)21-9-7-6-8-10-21/h6-10,14-15,18,20,23-24H,11-13,16-17H2,1-5H3/t20-,23+,24-,28+/m0/s1. The fourth-order valence-electron chi connectivity index (χ4n) is 5.99. The molecule has 38 heavy (non-hydrogen) atoms. The first-order valence-electron chi connectivity index (χ1n) is 12.9. The second kappa shape index (κ2) is 11.1. The SMILES string of the molecule is COc1cc2c(cc1OC)[C@H]1C[C@H](OC(=O)[C@](OC)(c3ccccc3)C(F)(F)F)[C@@H](CC(C)C)CN1CC2. The molecule has 4 rings (SSSR count). The van der Waals surface area contributed by atoms with Crippen molar-refractivity contribution in [1.29, 1.82) is 0 Å². The van der Waals surface area contributed by atoms with Crippen LogP contribution in [0.15, 0.2) is 42.5 Å². The summed E-state index contributed by atoms with van der Waals surface area (Å²) >= 11 is 0. The summed E-state index contributed by atoms with van der Waals surface area (Å²) in [6, 6.07) is 10.7. The van der Waals surface area contributed by atoms with Gasteiger partial charge in [-0.1, -0.05) is 44.2 Å². The minimum Gasteiger partial charge on any atom is -0.493 e. The number of hydrogen-bond acceptors (Lipinski definition) is 6. The minimum atomic E-state index is -5.02. The molecule has 2 aliphatic rings. The van der Waals surface area contributed by atoms with Crippen molar-refractivity contribution < 1.29 is 36.9 Å². The summed E-state index contributed by atoms with van der Waals surface area (Å²) in [6.07, 6.45) is -3.82. The zero-order valence-corrected chi connectivity index (χ0v) is 22.5. The Morgan fingerprint density at radius 1 is 1.05 bits per heavy atom. The van der Waals surface area contributed by atoms with E-state index in [4.69, 9.17) is 18.9 Å². The van der Waals surface area contributed by atoms with Crippen LogP contribution in [0.5, 0.6) is 11.5 Å². The van der Waals surface area contributed by atoms with Crippen molar-refractivity contribution in [3.05, 3.63) is 59.2 Å². The maximum absolute atomic E-state index is 14.5. The van der Waals surface area contributed by atoms with Crippen LogP contribution in [0.4, 0.5) is 13.2 Å². The van der Waals surface area contributed by atoms with Gasteiger partial charge in [0.05, 0.1) is 14.2 Å². The van der Waals surface area contributed by atoms with Crippen molar-refractivity contribution in [3.63, 3.8) is 0 Å². The number of rotatable bonds is 8. The van der Waals surface area contributed by atoms with Crippen molar-refractivity contribution in [1.82, 2.24) is 4.90 Å². The van der Waals surface area contributed by atoms with Gasteiger partial charge in [-0.25, -0.2) is 4.79 Å². The van der Waals surface area contributed by atoms with E-state index in [0.29, 0.717) is 24.5 Å². The molecule has 2 aromatic rings. The average molecular weight is 536 g/mol. The lowest BCUT2D eigenvalue weighted by Crippen LogP contribution is -2.55. The number of halogens is 3. The number of carbonyl (C=O) groups excluding carboxylic acids is 1. The molecule has 2 heterocycles. The molecule has 0 amide bonds. The third-order valence-electron chi connectivity index (χ3n) is 7.77. The first kappa shape index (κ1) is 28.2. The summed E-state index contributed by atoms with van der Waals surface area (Å²) < 4.78 is 65.4. The topological polar surface area (TPSA) is 57.2 Å². The predicted molar refractivity (Wildman–Crippen MR) is 136 cm³/mol. The van der Waals surface area contributed by atoms with Crippen molar-refractivity contribution in [2.75, 3.05) is 34.4 Å². The van der Waals surface area contributed by atoms with E-state index in [1.165, 1.54) is 24.3 Å². The Morgan fingerprint density at radius 3 is 2.29 bits per heavy atom. The molecule has 0 saturated carbocycles. The lowest BCUT2D eigenvalue weighted by Gasteiger charge is -2.47. The van der Waals surface area contributed by atoms with E-state index in [1.54, 1.807) is 20.3 Å². The van der Waals surface area contributed by atoms with Gasteiger partial charge < -0.3 is 18.9 Å². The molecule has 0 N–H and O–H groups in total. The van der Waals surface area contributed by atoms with Crippen molar-refractivity contribution in [2.45, 2.75) is 57.0 Å². The summed E-state index contributed by atoms with van der Waals surface area (Å²) in [6.45, 7) is 5.54. The summed E-state index contributed by atoms with van der Waals surface area (Å²) in [4.78, 5) is 15.9. The number of carbonyl (C=O) groups is 1. The zero-order chi connectivity index (χ0) is 27.7. The van der Waals surface area contributed by atoms with E-state index in [0.717, 1.165) is 37.6 Å². The number of ether oxygens (including phenoxy) is 4. The van der Waals surface area contributed by atoms with E-state index in [-0.39, 0.29) is 23.4 Å². The summed E-state index contributed by atoms with van der Waals surface area (Å²) in [5, 5.41) is 0. The van der Waals surface area contributed by atoms with Crippen LogP contribution in [-0.2, 0) is 26.3 Å². The fourth-order valence-corrected chi connectivity index (χ4v) is 5.99. The number of hydrogen-bond donors (Lipinski definition) is 0. The number of nitrogens with zero attached hydrogens (tertiary/aromatic N) is 1. The maximum atomic E-state index is 14.5. The molecule has 0 aliphatic carbocycles. The van der Waals surface area contributed by atoms with Gasteiger partial charge in [0.1, 0.15) is 6.10 Å². The second-order valence-corrected chi connectivity index (χ2v) is 10.5. The number of alkyl halides is 3. The molecule has 1 saturated heterocycles. The van der Waals surface area contributed by atoms with Crippen LogP contribution < -0.4 is 9.47 Å². The van der Waals surface area contributed by atoms with Crippen LogP contribution in [0.3, 0.4) is 0 Å². The molecule has 208 valence electrons. The minimum absolute atomic E-state index is 0.115. The van der Waals surface area contributed by atoms with Crippen LogP contribution in [0, 0.1) is 11.8 Å². The molecule has 0 spiro atoms. The third kappa shape index (κ3) is 5.10. The Hall–Kier alpha value is -2.78. The number of benzene rings is 2. The summed E-state index contributed by atoms with van der Waals surface area (Å²) in [5.74, 6) is -0.0487. The van der Waals surface area contributed by atoms with Crippen LogP contribution in [0.1, 0.15) is 49.4 Å². The van der Waals surface area contributed by atoms with Gasteiger partial charge in [-0.05, 0) is 42.0 Å². The van der Waals surface area contributed by atoms with Crippen molar-refractivity contribution in [3.8, 4) is 11.5 Å². The fraction of sp³-hybridized carbons (Fsp3) is 0.552. The van der Waals surface area contributed by atoms with Crippen molar-refractivity contribution >= 4 is 5.97 Å². The number of methoxy groups -OCH3 is 3. The Labute approximate surface area is 222 Å². The first-order valence-corrected chi connectivity index (χ1v) is 12.9. The van der Waals surface area contributed by atoms with E-state index in [1.807, 2.05) is 12.1 Å². The molecule has 6 nitrogen and oxygen atoms in total. The monoisotopic (exact) mass is 535 g/mol. The second-order valence-electron chi connectivity index (χ2n) is 10.5. The van der Waals surface area contributed by atoms with Gasteiger partial charge >= 0.3 is 12.1 Å². The molecule has 0 radical (unpaired) electrons. The highest BCUT2D eigenvalue weighted by atomic mass is 19.4. The molecular weight excluding hydrogens is 499 g/mol. The van der Waals surface area contributed by atoms with E-state index in [2.05, 4.69) is 18.7 Å². The lowest BCUT2D eigenvalue weighted by molar-refractivity contribution is -0.280. The van der Waals surface area contributed by atoms with Gasteiger partial charge in [-0.15, -0.1) is 0 Å². The van der Waals surface area contributed by atoms with E-state index < -0.39 is 23.9 Å². The lowest BCUT2D eigenvalue weighted by atomic mass is 9.79. The van der Waals surface area contributed by atoms with Gasteiger partial charge in [-0.3, -0.25) is 4.90 Å². The van der Waals surface area contributed by atoms with Gasteiger partial charge in [-0.2, -0.15) is 13.2 Å². The Morgan fingerprint density at radius 2 is 1.71 bits per heavy atom. The van der Waals surface area contributed by atoms with Crippen LogP contribution in [-0.4, -0.2) is 57.6 Å². The molecule has 0 aromatic heterocycles. The summed E-state index contributed by atoms with van der Waals surface area (Å²) in [7, 11) is 4.05. The molecule has 0 bridgehead atoms. The largest absolute Gasteiger partial charge is 0.493 e. The Balaban J connectivity index is 1.70. The molecule has 4 atom stereocenters. The molecular formula is C29H36F3NO5. The Bertz CT molecular complexity index is 1120. The zero-order valence-electron chi connectivity index (χ0n) is 22.5. The quantitative estimate of drug-likeness (QED) is 0.405. The molecule has 2 aliphatic heterocycles. The molecule has 1 fully saturated rings.